The van der Waals surface area contributed by atoms with E-state index in [1.54, 1.807) is 10.9 Å². The smallest absolute Gasteiger partial charge is 0.273 e. The van der Waals surface area contributed by atoms with Crippen LogP contribution in [0, 0.1) is 0 Å². The summed E-state index contributed by atoms with van der Waals surface area (Å²) in [6, 6.07) is 15.3. The summed E-state index contributed by atoms with van der Waals surface area (Å²) < 4.78 is 12.3. The highest BCUT2D eigenvalue weighted by Gasteiger charge is 2.18. The van der Waals surface area contributed by atoms with Crippen LogP contribution in [-0.2, 0) is 6.54 Å². The number of amides is 1. The third kappa shape index (κ3) is 3.37. The van der Waals surface area contributed by atoms with E-state index in [0.717, 1.165) is 16.9 Å². The minimum Gasteiger partial charge on any atom is -0.454 e. The van der Waals surface area contributed by atoms with Gasteiger partial charge in [-0.3, -0.25) is 4.79 Å². The van der Waals surface area contributed by atoms with Crippen molar-refractivity contribution in [2.75, 3.05) is 6.79 Å². The summed E-state index contributed by atoms with van der Waals surface area (Å²) in [5.41, 5.74) is 2.31. The molecular formula is C19H18N4O3. The van der Waals surface area contributed by atoms with Gasteiger partial charge in [-0.15, -0.1) is 5.10 Å². The minimum absolute atomic E-state index is 0.198. The first-order chi connectivity index (χ1) is 12.7. The number of fused-ring (bicyclic) bond motifs is 1. The molecular weight excluding hydrogens is 332 g/mol. The summed E-state index contributed by atoms with van der Waals surface area (Å²) in [6.45, 7) is 2.70. The number of hydrogen-bond acceptors (Lipinski definition) is 5. The van der Waals surface area contributed by atoms with Gasteiger partial charge < -0.3 is 14.8 Å². The number of carbonyl (C=O) groups excluding carboxylic acids is 1. The molecule has 1 N–H and O–H groups in total. The number of benzene rings is 2. The van der Waals surface area contributed by atoms with Crippen molar-refractivity contribution < 1.29 is 14.3 Å². The molecule has 7 nitrogen and oxygen atoms in total. The lowest BCUT2D eigenvalue weighted by molar-refractivity contribution is 0.0934. The molecule has 7 heteroatoms. The van der Waals surface area contributed by atoms with E-state index in [9.17, 15) is 4.79 Å². The van der Waals surface area contributed by atoms with Gasteiger partial charge in [0.25, 0.3) is 5.91 Å². The Morgan fingerprint density at radius 3 is 2.85 bits per heavy atom. The molecule has 0 unspecified atom stereocenters. The Labute approximate surface area is 150 Å². The van der Waals surface area contributed by atoms with E-state index in [4.69, 9.17) is 9.47 Å². The Morgan fingerprint density at radius 1 is 1.19 bits per heavy atom. The van der Waals surface area contributed by atoms with E-state index in [2.05, 4.69) is 15.6 Å². The maximum atomic E-state index is 12.4. The van der Waals surface area contributed by atoms with Gasteiger partial charge in [0.15, 0.2) is 17.2 Å². The highest BCUT2D eigenvalue weighted by Crippen LogP contribution is 2.34. The van der Waals surface area contributed by atoms with E-state index in [-0.39, 0.29) is 24.4 Å². The molecule has 0 saturated carbocycles. The summed E-state index contributed by atoms with van der Waals surface area (Å²) >= 11 is 0. The van der Waals surface area contributed by atoms with Crippen LogP contribution in [0.1, 0.15) is 34.6 Å². The van der Waals surface area contributed by atoms with Gasteiger partial charge in [-0.2, -0.15) is 0 Å². The summed E-state index contributed by atoms with van der Waals surface area (Å²) in [5, 5.41) is 10.9. The second kappa shape index (κ2) is 6.87. The lowest BCUT2D eigenvalue weighted by Gasteiger charge is -2.13. The van der Waals surface area contributed by atoms with Crippen LogP contribution in [0.2, 0.25) is 0 Å². The number of ether oxygens (including phenoxy) is 2. The predicted molar refractivity (Wildman–Crippen MR) is 94.0 cm³/mol. The normalized spacial score (nSPS) is 13.4. The van der Waals surface area contributed by atoms with Crippen molar-refractivity contribution in [1.82, 2.24) is 20.3 Å². The van der Waals surface area contributed by atoms with E-state index in [1.807, 2.05) is 55.5 Å². The van der Waals surface area contributed by atoms with Crippen LogP contribution in [0.25, 0.3) is 0 Å². The molecule has 1 aromatic heterocycles. The molecule has 0 aliphatic carbocycles. The largest absolute Gasteiger partial charge is 0.454 e. The van der Waals surface area contributed by atoms with E-state index < -0.39 is 0 Å². The van der Waals surface area contributed by atoms with Crippen LogP contribution in [0.15, 0.2) is 54.7 Å². The molecule has 0 fully saturated rings. The van der Waals surface area contributed by atoms with Crippen LogP contribution in [-0.4, -0.2) is 27.7 Å². The fraction of sp³-hybridized carbons (Fsp3) is 0.211. The molecule has 2 aromatic carbocycles. The van der Waals surface area contributed by atoms with Gasteiger partial charge in [-0.25, -0.2) is 4.68 Å². The summed E-state index contributed by atoms with van der Waals surface area (Å²) in [7, 11) is 0. The fourth-order valence-corrected chi connectivity index (χ4v) is 2.79. The van der Waals surface area contributed by atoms with Gasteiger partial charge in [-0.1, -0.05) is 41.6 Å². The standard InChI is InChI=1S/C19H18N4O3/c1-13(15-7-8-17-18(9-15)26-12-25-17)20-19(24)16-11-23(22-21-16)10-14-5-3-2-4-6-14/h2-9,11,13H,10,12H2,1H3,(H,20,24)/t13-/m0/s1. The molecule has 3 aromatic rings. The molecule has 1 aliphatic heterocycles. The topological polar surface area (TPSA) is 78.3 Å². The molecule has 0 spiro atoms. The van der Waals surface area contributed by atoms with Crippen molar-refractivity contribution in [3.05, 3.63) is 71.5 Å². The Hall–Kier alpha value is -3.35. The van der Waals surface area contributed by atoms with Crippen molar-refractivity contribution in [3.8, 4) is 11.5 Å². The minimum atomic E-state index is -0.269. The molecule has 4 rings (SSSR count). The first-order valence-electron chi connectivity index (χ1n) is 8.33. The second-order valence-electron chi connectivity index (χ2n) is 6.09. The Bertz CT molecular complexity index is 924. The van der Waals surface area contributed by atoms with Gasteiger partial charge >= 0.3 is 0 Å². The molecule has 1 atom stereocenters. The Balaban J connectivity index is 1.41. The zero-order valence-corrected chi connectivity index (χ0v) is 14.3. The van der Waals surface area contributed by atoms with Crippen molar-refractivity contribution in [2.24, 2.45) is 0 Å². The molecule has 2 heterocycles. The van der Waals surface area contributed by atoms with Gasteiger partial charge in [-0.05, 0) is 30.2 Å². The molecule has 26 heavy (non-hydrogen) atoms. The molecule has 0 saturated heterocycles. The number of nitrogens with zero attached hydrogens (tertiary/aromatic N) is 3. The molecule has 1 amide bonds. The SMILES string of the molecule is C[C@H](NC(=O)c1cn(Cc2ccccc2)nn1)c1ccc2c(c1)OCO2. The molecule has 0 radical (unpaired) electrons. The highest BCUT2D eigenvalue weighted by molar-refractivity contribution is 5.92. The summed E-state index contributed by atoms with van der Waals surface area (Å²) in [4.78, 5) is 12.4. The van der Waals surface area contributed by atoms with Crippen LogP contribution >= 0.6 is 0 Å². The zero-order chi connectivity index (χ0) is 17.9. The third-order valence-corrected chi connectivity index (χ3v) is 4.20. The summed E-state index contributed by atoms with van der Waals surface area (Å²) in [5.74, 6) is 1.14. The average molecular weight is 350 g/mol. The van der Waals surface area contributed by atoms with E-state index in [1.165, 1.54) is 0 Å². The summed E-state index contributed by atoms with van der Waals surface area (Å²) in [6.07, 6.45) is 1.65. The molecule has 1 aliphatic rings. The van der Waals surface area contributed by atoms with Crippen molar-refractivity contribution in [2.45, 2.75) is 19.5 Å². The van der Waals surface area contributed by atoms with Crippen LogP contribution in [0.5, 0.6) is 11.5 Å². The van der Waals surface area contributed by atoms with Crippen molar-refractivity contribution in [3.63, 3.8) is 0 Å². The number of carbonyl (C=O) groups is 1. The van der Waals surface area contributed by atoms with E-state index >= 15 is 0 Å². The van der Waals surface area contributed by atoms with Crippen LogP contribution < -0.4 is 14.8 Å². The second-order valence-corrected chi connectivity index (χ2v) is 6.09. The maximum absolute atomic E-state index is 12.4. The van der Waals surface area contributed by atoms with Gasteiger partial charge in [0, 0.05) is 0 Å². The molecule has 0 bridgehead atoms. The van der Waals surface area contributed by atoms with Gasteiger partial charge in [0.1, 0.15) is 0 Å². The van der Waals surface area contributed by atoms with Crippen LogP contribution in [0.4, 0.5) is 0 Å². The van der Waals surface area contributed by atoms with Gasteiger partial charge in [0.2, 0.25) is 6.79 Å². The van der Waals surface area contributed by atoms with Crippen molar-refractivity contribution >= 4 is 5.91 Å². The Morgan fingerprint density at radius 2 is 2.00 bits per heavy atom. The lowest BCUT2D eigenvalue weighted by Crippen LogP contribution is -2.27. The average Bonchev–Trinajstić information content (AvgIpc) is 3.31. The Kier molecular flexibility index (Phi) is 4.27. The third-order valence-electron chi connectivity index (χ3n) is 4.20. The number of hydrogen-bond donors (Lipinski definition) is 1. The van der Waals surface area contributed by atoms with Gasteiger partial charge in [0.05, 0.1) is 18.8 Å². The lowest BCUT2D eigenvalue weighted by atomic mass is 10.1. The highest BCUT2D eigenvalue weighted by atomic mass is 16.7. The number of nitrogens with one attached hydrogen (secondary N) is 1. The number of rotatable bonds is 5. The fourth-order valence-electron chi connectivity index (χ4n) is 2.79. The van der Waals surface area contributed by atoms with E-state index in [0.29, 0.717) is 12.3 Å². The first-order valence-corrected chi connectivity index (χ1v) is 8.33. The maximum Gasteiger partial charge on any atom is 0.273 e. The van der Waals surface area contributed by atoms with Crippen molar-refractivity contribution in [1.29, 1.82) is 0 Å². The number of aromatic nitrogens is 3. The molecule has 132 valence electrons. The first kappa shape index (κ1) is 16.1. The van der Waals surface area contributed by atoms with Crippen LogP contribution in [0.3, 0.4) is 0 Å². The predicted octanol–water partition coefficient (Wildman–Crippen LogP) is 2.55. The zero-order valence-electron chi connectivity index (χ0n) is 14.3. The quantitative estimate of drug-likeness (QED) is 0.765. The monoisotopic (exact) mass is 350 g/mol.